The van der Waals surface area contributed by atoms with E-state index in [4.69, 9.17) is 14.2 Å². The number of rotatable bonds is 4. The van der Waals surface area contributed by atoms with Crippen LogP contribution in [0.25, 0.3) is 0 Å². The van der Waals surface area contributed by atoms with E-state index < -0.39 is 5.97 Å². The average Bonchev–Trinajstić information content (AvgIpc) is 3.15. The second kappa shape index (κ2) is 7.15. The molecule has 0 saturated carbocycles. The molecule has 9 heteroatoms. The molecular formula is C18H19N3O5S. The highest BCUT2D eigenvalue weighted by atomic mass is 32.2. The summed E-state index contributed by atoms with van der Waals surface area (Å²) in [6, 6.07) is 5.77. The van der Waals surface area contributed by atoms with Crippen molar-refractivity contribution < 1.29 is 23.8 Å². The van der Waals surface area contributed by atoms with Crippen LogP contribution in [0.1, 0.15) is 29.0 Å². The van der Waals surface area contributed by atoms with Crippen LogP contribution < -0.4 is 14.8 Å². The Hall–Kier alpha value is -2.68. The van der Waals surface area contributed by atoms with E-state index in [1.54, 1.807) is 6.92 Å². The normalized spacial score (nSPS) is 17.9. The molecule has 0 fully saturated rings. The van der Waals surface area contributed by atoms with Gasteiger partial charge in [-0.2, -0.15) is 5.10 Å². The summed E-state index contributed by atoms with van der Waals surface area (Å²) in [5.74, 6) is 1.71. The molecule has 142 valence electrons. The smallest absolute Gasteiger partial charge is 0.327 e. The minimum absolute atomic E-state index is 0.0528. The van der Waals surface area contributed by atoms with Gasteiger partial charge in [0.2, 0.25) is 12.7 Å². The van der Waals surface area contributed by atoms with Gasteiger partial charge in [-0.1, -0.05) is 6.07 Å². The van der Waals surface area contributed by atoms with Crippen molar-refractivity contribution >= 4 is 29.5 Å². The molecule has 1 aromatic heterocycles. The number of carbonyl (C=O) groups is 2. The molecule has 2 aromatic rings. The van der Waals surface area contributed by atoms with E-state index in [2.05, 4.69) is 10.4 Å². The van der Waals surface area contributed by atoms with Gasteiger partial charge in [0.1, 0.15) is 12.4 Å². The Morgan fingerprint density at radius 2 is 2.22 bits per heavy atom. The number of fused-ring (bicyclic) bond motifs is 2. The van der Waals surface area contributed by atoms with Crippen LogP contribution in [-0.2, 0) is 20.9 Å². The number of hydrogen-bond donors (Lipinski definition) is 1. The standard InChI is InChI=1S/C18H19N3O5S/c1-3-24-15(23)7-21-18-16(10(2)20-21)17(27-8-14(22)19-18)11-4-5-12-13(6-11)26-9-25-12/h4-6,17H,3,7-9H2,1-2H3,(H,19,22). The molecule has 1 amide bonds. The molecular weight excluding hydrogens is 370 g/mol. The number of nitrogens with zero attached hydrogens (tertiary/aromatic N) is 2. The number of nitrogens with one attached hydrogen (secondary N) is 1. The Balaban J connectivity index is 1.75. The highest BCUT2D eigenvalue weighted by Gasteiger charge is 2.31. The predicted octanol–water partition coefficient (Wildman–Crippen LogP) is 2.26. The number of anilines is 1. The maximum atomic E-state index is 12.2. The third-order valence-electron chi connectivity index (χ3n) is 4.36. The number of benzene rings is 1. The van der Waals surface area contributed by atoms with Gasteiger partial charge in [-0.05, 0) is 31.5 Å². The average molecular weight is 389 g/mol. The first-order valence-electron chi connectivity index (χ1n) is 8.60. The number of carbonyl (C=O) groups excluding carboxylic acids is 2. The second-order valence-corrected chi connectivity index (χ2v) is 7.26. The molecule has 4 rings (SSSR count). The zero-order valence-electron chi connectivity index (χ0n) is 15.0. The highest BCUT2D eigenvalue weighted by Crippen LogP contribution is 2.45. The summed E-state index contributed by atoms with van der Waals surface area (Å²) in [5.41, 5.74) is 2.63. The third kappa shape index (κ3) is 3.34. The largest absolute Gasteiger partial charge is 0.465 e. The zero-order valence-corrected chi connectivity index (χ0v) is 15.8. The Morgan fingerprint density at radius 3 is 3.04 bits per heavy atom. The molecule has 0 saturated heterocycles. The number of aryl methyl sites for hydroxylation is 1. The summed E-state index contributed by atoms with van der Waals surface area (Å²) in [6.45, 7) is 4.07. The molecule has 0 spiro atoms. The SMILES string of the molecule is CCOC(=O)Cn1nc(C)c2c1NC(=O)CSC2c1ccc2c(c1)OCO2. The van der Waals surface area contributed by atoms with Crippen LogP contribution in [-0.4, -0.2) is 40.8 Å². The van der Waals surface area contributed by atoms with E-state index in [-0.39, 0.29) is 24.5 Å². The molecule has 1 unspecified atom stereocenters. The van der Waals surface area contributed by atoms with Gasteiger partial charge in [0.15, 0.2) is 11.5 Å². The van der Waals surface area contributed by atoms with Crippen molar-refractivity contribution in [3.63, 3.8) is 0 Å². The van der Waals surface area contributed by atoms with Gasteiger partial charge in [-0.25, -0.2) is 4.68 Å². The molecule has 1 N–H and O–H groups in total. The summed E-state index contributed by atoms with van der Waals surface area (Å²) >= 11 is 1.51. The monoisotopic (exact) mass is 389 g/mol. The first-order chi connectivity index (χ1) is 13.1. The molecule has 27 heavy (non-hydrogen) atoms. The molecule has 0 aliphatic carbocycles. The number of ether oxygens (including phenoxy) is 3. The van der Waals surface area contributed by atoms with E-state index in [1.165, 1.54) is 16.4 Å². The van der Waals surface area contributed by atoms with Crippen LogP contribution in [0.3, 0.4) is 0 Å². The highest BCUT2D eigenvalue weighted by molar-refractivity contribution is 8.00. The van der Waals surface area contributed by atoms with Gasteiger partial charge in [0.05, 0.1) is 23.3 Å². The summed E-state index contributed by atoms with van der Waals surface area (Å²) in [6.07, 6.45) is 0. The minimum atomic E-state index is -0.395. The number of amides is 1. The van der Waals surface area contributed by atoms with Gasteiger partial charge < -0.3 is 19.5 Å². The Bertz CT molecular complexity index is 911. The van der Waals surface area contributed by atoms with E-state index in [0.717, 1.165) is 16.8 Å². The predicted molar refractivity (Wildman–Crippen MR) is 99.1 cm³/mol. The van der Waals surface area contributed by atoms with Crippen molar-refractivity contribution in [3.8, 4) is 11.5 Å². The van der Waals surface area contributed by atoms with Gasteiger partial charge >= 0.3 is 5.97 Å². The molecule has 3 heterocycles. The van der Waals surface area contributed by atoms with Crippen molar-refractivity contribution in [2.24, 2.45) is 0 Å². The lowest BCUT2D eigenvalue weighted by Crippen LogP contribution is -2.20. The molecule has 2 aliphatic rings. The fraction of sp³-hybridized carbons (Fsp3) is 0.389. The number of thioether (sulfide) groups is 1. The molecule has 1 aromatic carbocycles. The number of hydrogen-bond acceptors (Lipinski definition) is 7. The van der Waals surface area contributed by atoms with Gasteiger partial charge in [-0.3, -0.25) is 9.59 Å². The van der Waals surface area contributed by atoms with Crippen molar-refractivity contribution in [2.45, 2.75) is 25.6 Å². The van der Waals surface area contributed by atoms with Gasteiger partial charge in [0.25, 0.3) is 0 Å². The van der Waals surface area contributed by atoms with Crippen molar-refractivity contribution in [1.82, 2.24) is 9.78 Å². The Labute approximate surface area is 160 Å². The van der Waals surface area contributed by atoms with Crippen molar-refractivity contribution in [2.75, 3.05) is 24.5 Å². The lowest BCUT2D eigenvalue weighted by atomic mass is 10.0. The molecule has 2 aliphatic heterocycles. The first-order valence-corrected chi connectivity index (χ1v) is 9.65. The second-order valence-electron chi connectivity index (χ2n) is 6.16. The van der Waals surface area contributed by atoms with E-state index in [0.29, 0.717) is 29.7 Å². The number of esters is 1. The van der Waals surface area contributed by atoms with Crippen LogP contribution in [0, 0.1) is 6.92 Å². The van der Waals surface area contributed by atoms with Crippen LogP contribution in [0.5, 0.6) is 11.5 Å². The van der Waals surface area contributed by atoms with Crippen molar-refractivity contribution in [1.29, 1.82) is 0 Å². The minimum Gasteiger partial charge on any atom is -0.465 e. The lowest BCUT2D eigenvalue weighted by molar-refractivity contribution is -0.144. The maximum absolute atomic E-state index is 12.2. The van der Waals surface area contributed by atoms with Crippen molar-refractivity contribution in [3.05, 3.63) is 35.0 Å². The van der Waals surface area contributed by atoms with Crippen LogP contribution in [0.2, 0.25) is 0 Å². The topological polar surface area (TPSA) is 91.7 Å². The lowest BCUT2D eigenvalue weighted by Gasteiger charge is -2.16. The fourth-order valence-electron chi connectivity index (χ4n) is 3.23. The summed E-state index contributed by atoms with van der Waals surface area (Å²) in [7, 11) is 0. The quantitative estimate of drug-likeness (QED) is 0.802. The van der Waals surface area contributed by atoms with Crippen LogP contribution in [0.15, 0.2) is 18.2 Å². The van der Waals surface area contributed by atoms with Crippen LogP contribution in [0.4, 0.5) is 5.82 Å². The zero-order chi connectivity index (χ0) is 19.0. The van der Waals surface area contributed by atoms with Gasteiger partial charge in [-0.15, -0.1) is 11.8 Å². The Morgan fingerprint density at radius 1 is 1.41 bits per heavy atom. The molecule has 8 nitrogen and oxygen atoms in total. The maximum Gasteiger partial charge on any atom is 0.327 e. The van der Waals surface area contributed by atoms with Gasteiger partial charge in [0, 0.05) is 5.56 Å². The molecule has 0 radical (unpaired) electrons. The Kier molecular flexibility index (Phi) is 4.69. The van der Waals surface area contributed by atoms with E-state index in [1.807, 2.05) is 25.1 Å². The van der Waals surface area contributed by atoms with E-state index >= 15 is 0 Å². The first kappa shape index (κ1) is 17.7. The summed E-state index contributed by atoms with van der Waals surface area (Å²) in [5, 5.41) is 7.24. The number of aromatic nitrogens is 2. The van der Waals surface area contributed by atoms with E-state index in [9.17, 15) is 9.59 Å². The summed E-state index contributed by atoms with van der Waals surface area (Å²) < 4.78 is 17.4. The molecule has 0 bridgehead atoms. The summed E-state index contributed by atoms with van der Waals surface area (Å²) in [4.78, 5) is 24.2. The fourth-order valence-corrected chi connectivity index (χ4v) is 4.41. The molecule has 1 atom stereocenters. The third-order valence-corrected chi connectivity index (χ3v) is 5.63. The van der Waals surface area contributed by atoms with Crippen LogP contribution >= 0.6 is 11.8 Å².